The van der Waals surface area contributed by atoms with Crippen LogP contribution in [-0.2, 0) is 0 Å². The monoisotopic (exact) mass is 231 g/mol. The maximum absolute atomic E-state index is 11.4. The van der Waals surface area contributed by atoms with Crippen LogP contribution in [0.25, 0.3) is 0 Å². The lowest BCUT2D eigenvalue weighted by molar-refractivity contribution is 0.0879. The molecule has 88 valence electrons. The van der Waals surface area contributed by atoms with E-state index < -0.39 is 0 Å². The average Bonchev–Trinajstić information content (AvgIpc) is 2.55. The number of aliphatic imine (C=N–C) groups is 1. The van der Waals surface area contributed by atoms with Crippen molar-refractivity contribution in [2.75, 3.05) is 0 Å². The molecule has 0 aromatic heterocycles. The van der Waals surface area contributed by atoms with E-state index in [2.05, 4.69) is 10.3 Å². The quantitative estimate of drug-likeness (QED) is 0.468. The van der Waals surface area contributed by atoms with Gasteiger partial charge in [0.05, 0.1) is 22.6 Å². The second-order valence-electron chi connectivity index (χ2n) is 3.87. The Morgan fingerprint density at radius 3 is 2.71 bits per heavy atom. The smallest absolute Gasteiger partial charge is 0.259 e. The van der Waals surface area contributed by atoms with Crippen LogP contribution in [0, 0.1) is 0 Å². The first-order chi connectivity index (χ1) is 8.11. The Balaban J connectivity index is 2.35. The lowest BCUT2D eigenvalue weighted by Gasteiger charge is -2.00. The summed E-state index contributed by atoms with van der Waals surface area (Å²) < 4.78 is 0. The predicted molar refractivity (Wildman–Crippen MR) is 64.4 cm³/mol. The molecule has 0 aliphatic carbocycles. The number of imide groups is 1. The van der Waals surface area contributed by atoms with Gasteiger partial charge in [-0.1, -0.05) is 6.92 Å². The normalized spacial score (nSPS) is 14.8. The fourth-order valence-electron chi connectivity index (χ4n) is 1.70. The summed E-state index contributed by atoms with van der Waals surface area (Å²) in [5.74, 6) is -0.213. The van der Waals surface area contributed by atoms with Gasteiger partial charge in [-0.2, -0.15) is 0 Å². The molecule has 5 nitrogen and oxygen atoms in total. The molecular formula is C12H13N3O2. The standard InChI is InChI=1S/C12H13N3O2/c1-2-3-10(13)14-7-4-5-8-9(6-7)12(17)15-11(8)16/h4-6H,2-3H2,1H3,(H2,13,14)(H,15,16,17). The fourth-order valence-corrected chi connectivity index (χ4v) is 1.70. The van der Waals surface area contributed by atoms with Crippen molar-refractivity contribution < 1.29 is 9.59 Å². The highest BCUT2D eigenvalue weighted by Crippen LogP contribution is 2.22. The topological polar surface area (TPSA) is 84.5 Å². The molecule has 0 fully saturated rings. The summed E-state index contributed by atoms with van der Waals surface area (Å²) >= 11 is 0. The molecule has 1 aliphatic heterocycles. The molecule has 0 radical (unpaired) electrons. The Morgan fingerprint density at radius 2 is 2.00 bits per heavy atom. The van der Waals surface area contributed by atoms with Crippen LogP contribution in [0.15, 0.2) is 23.2 Å². The summed E-state index contributed by atoms with van der Waals surface area (Å²) in [6.45, 7) is 2.01. The van der Waals surface area contributed by atoms with Gasteiger partial charge in [0.15, 0.2) is 0 Å². The molecule has 0 bridgehead atoms. The lowest BCUT2D eigenvalue weighted by Crippen LogP contribution is -2.19. The number of hydrogen-bond donors (Lipinski definition) is 2. The van der Waals surface area contributed by atoms with Gasteiger partial charge in [0, 0.05) is 6.42 Å². The highest BCUT2D eigenvalue weighted by Gasteiger charge is 2.26. The van der Waals surface area contributed by atoms with Gasteiger partial charge in [-0.15, -0.1) is 0 Å². The minimum absolute atomic E-state index is 0.359. The Kier molecular flexibility index (Phi) is 2.91. The van der Waals surface area contributed by atoms with Gasteiger partial charge < -0.3 is 5.73 Å². The number of carbonyl (C=O) groups is 2. The number of nitrogens with two attached hydrogens (primary N) is 1. The van der Waals surface area contributed by atoms with E-state index in [4.69, 9.17) is 5.73 Å². The van der Waals surface area contributed by atoms with Gasteiger partial charge in [0.25, 0.3) is 11.8 Å². The number of nitrogens with zero attached hydrogens (tertiary/aromatic N) is 1. The van der Waals surface area contributed by atoms with Crippen molar-refractivity contribution in [2.45, 2.75) is 19.8 Å². The van der Waals surface area contributed by atoms with Gasteiger partial charge >= 0.3 is 0 Å². The Morgan fingerprint density at radius 1 is 1.29 bits per heavy atom. The third-order valence-corrected chi connectivity index (χ3v) is 2.50. The molecular weight excluding hydrogens is 218 g/mol. The van der Waals surface area contributed by atoms with Gasteiger partial charge in [0.2, 0.25) is 0 Å². The van der Waals surface area contributed by atoms with Crippen LogP contribution in [0.1, 0.15) is 40.5 Å². The van der Waals surface area contributed by atoms with E-state index in [1.807, 2.05) is 6.92 Å². The Bertz CT molecular complexity index is 520. The molecule has 2 rings (SSSR count). The molecule has 1 aliphatic rings. The van der Waals surface area contributed by atoms with E-state index in [0.717, 1.165) is 6.42 Å². The van der Waals surface area contributed by atoms with Crippen LogP contribution in [0.2, 0.25) is 0 Å². The first-order valence-corrected chi connectivity index (χ1v) is 5.44. The number of amidine groups is 1. The molecule has 0 atom stereocenters. The van der Waals surface area contributed by atoms with Gasteiger partial charge in [-0.3, -0.25) is 14.9 Å². The number of hydrogen-bond acceptors (Lipinski definition) is 3. The molecule has 17 heavy (non-hydrogen) atoms. The Hall–Kier alpha value is -2.17. The largest absolute Gasteiger partial charge is 0.387 e. The molecule has 0 unspecified atom stereocenters. The summed E-state index contributed by atoms with van der Waals surface area (Å²) in [5, 5.41) is 2.23. The van der Waals surface area contributed by atoms with E-state index in [1.165, 1.54) is 0 Å². The van der Waals surface area contributed by atoms with Crippen molar-refractivity contribution in [3.63, 3.8) is 0 Å². The number of rotatable bonds is 3. The highest BCUT2D eigenvalue weighted by atomic mass is 16.2. The van der Waals surface area contributed by atoms with Crippen LogP contribution in [0.3, 0.4) is 0 Å². The van der Waals surface area contributed by atoms with Gasteiger partial charge in [-0.05, 0) is 24.6 Å². The number of carbonyl (C=O) groups excluding carboxylic acids is 2. The van der Waals surface area contributed by atoms with Gasteiger partial charge in [-0.25, -0.2) is 4.99 Å². The summed E-state index contributed by atoms with van der Waals surface area (Å²) in [6, 6.07) is 4.85. The summed E-state index contributed by atoms with van der Waals surface area (Å²) in [4.78, 5) is 26.9. The maximum Gasteiger partial charge on any atom is 0.259 e. The Labute approximate surface area is 98.7 Å². The van der Waals surface area contributed by atoms with Crippen molar-refractivity contribution in [1.29, 1.82) is 0 Å². The van der Waals surface area contributed by atoms with Crippen LogP contribution in [0.4, 0.5) is 5.69 Å². The van der Waals surface area contributed by atoms with Crippen LogP contribution >= 0.6 is 0 Å². The second-order valence-corrected chi connectivity index (χ2v) is 3.87. The van der Waals surface area contributed by atoms with E-state index in [-0.39, 0.29) is 11.8 Å². The molecule has 0 spiro atoms. The number of amides is 2. The van der Waals surface area contributed by atoms with Crippen molar-refractivity contribution in [3.05, 3.63) is 29.3 Å². The van der Waals surface area contributed by atoms with E-state index in [0.29, 0.717) is 29.1 Å². The summed E-state index contributed by atoms with van der Waals surface area (Å²) in [6.07, 6.45) is 1.63. The highest BCUT2D eigenvalue weighted by molar-refractivity contribution is 6.21. The fraction of sp³-hybridized carbons (Fsp3) is 0.250. The molecule has 5 heteroatoms. The van der Waals surface area contributed by atoms with Crippen molar-refractivity contribution >= 4 is 23.3 Å². The molecule has 1 aromatic rings. The van der Waals surface area contributed by atoms with Crippen LogP contribution in [0.5, 0.6) is 0 Å². The zero-order valence-corrected chi connectivity index (χ0v) is 9.49. The number of fused-ring (bicyclic) bond motifs is 1. The van der Waals surface area contributed by atoms with E-state index in [9.17, 15) is 9.59 Å². The predicted octanol–water partition coefficient (Wildman–Crippen LogP) is 1.36. The lowest BCUT2D eigenvalue weighted by atomic mass is 10.1. The van der Waals surface area contributed by atoms with Crippen molar-refractivity contribution in [3.8, 4) is 0 Å². The first-order valence-electron chi connectivity index (χ1n) is 5.44. The van der Waals surface area contributed by atoms with Crippen molar-refractivity contribution in [2.24, 2.45) is 10.7 Å². The van der Waals surface area contributed by atoms with E-state index >= 15 is 0 Å². The molecule has 0 saturated heterocycles. The third kappa shape index (κ3) is 2.18. The SMILES string of the molecule is CCCC(N)=Nc1ccc2c(c1)C(=O)NC2=O. The third-order valence-electron chi connectivity index (χ3n) is 2.50. The van der Waals surface area contributed by atoms with E-state index in [1.54, 1.807) is 18.2 Å². The molecule has 3 N–H and O–H groups in total. The van der Waals surface area contributed by atoms with Crippen LogP contribution in [-0.4, -0.2) is 17.6 Å². The molecule has 1 aromatic carbocycles. The minimum Gasteiger partial charge on any atom is -0.387 e. The minimum atomic E-state index is -0.379. The van der Waals surface area contributed by atoms with Crippen molar-refractivity contribution in [1.82, 2.24) is 5.32 Å². The first kappa shape index (κ1) is 11.3. The summed E-state index contributed by atoms with van der Waals surface area (Å²) in [7, 11) is 0. The number of benzene rings is 1. The zero-order valence-electron chi connectivity index (χ0n) is 9.49. The maximum atomic E-state index is 11.4. The molecule has 1 heterocycles. The molecule has 2 amide bonds. The van der Waals surface area contributed by atoms with Crippen LogP contribution < -0.4 is 11.1 Å². The second kappa shape index (κ2) is 4.37. The van der Waals surface area contributed by atoms with Gasteiger partial charge in [0.1, 0.15) is 0 Å². The number of nitrogens with one attached hydrogen (secondary N) is 1. The zero-order chi connectivity index (χ0) is 12.4. The average molecular weight is 231 g/mol. The summed E-state index contributed by atoms with van der Waals surface area (Å²) in [5.41, 5.74) is 7.06. The molecule has 0 saturated carbocycles.